The summed E-state index contributed by atoms with van der Waals surface area (Å²) in [5.74, 6) is 0.00864. The van der Waals surface area contributed by atoms with Gasteiger partial charge in [0.05, 0.1) is 6.10 Å². The lowest BCUT2D eigenvalue weighted by molar-refractivity contribution is -0.122. The van der Waals surface area contributed by atoms with Crippen LogP contribution in [0.25, 0.3) is 0 Å². The summed E-state index contributed by atoms with van der Waals surface area (Å²) in [5.41, 5.74) is 0.865. The Morgan fingerprint density at radius 2 is 2.00 bits per heavy atom. The van der Waals surface area contributed by atoms with Gasteiger partial charge >= 0.3 is 0 Å². The fourth-order valence-electron chi connectivity index (χ4n) is 1.56. The monoisotopic (exact) mass is 235 g/mol. The number of amides is 1. The molecule has 0 saturated carbocycles. The molecule has 0 saturated heterocycles. The Labute approximate surface area is 103 Å². The molecule has 2 atom stereocenters. The SMILES string of the molecule is CCC(C)NC(=O)CCC(O)c1ccccc1. The Bertz CT molecular complexity index is 337. The van der Waals surface area contributed by atoms with Gasteiger partial charge in [0.15, 0.2) is 0 Å². The van der Waals surface area contributed by atoms with Crippen LogP contribution in [0.5, 0.6) is 0 Å². The first-order valence-corrected chi connectivity index (χ1v) is 6.15. The van der Waals surface area contributed by atoms with Gasteiger partial charge in [0.2, 0.25) is 5.91 Å². The van der Waals surface area contributed by atoms with E-state index in [1.807, 2.05) is 44.2 Å². The molecule has 0 spiro atoms. The van der Waals surface area contributed by atoms with E-state index in [4.69, 9.17) is 0 Å². The van der Waals surface area contributed by atoms with Gasteiger partial charge in [0.1, 0.15) is 0 Å². The molecule has 0 aliphatic carbocycles. The second kappa shape index (κ2) is 7.07. The Morgan fingerprint density at radius 1 is 1.35 bits per heavy atom. The van der Waals surface area contributed by atoms with Crippen LogP contribution < -0.4 is 5.32 Å². The fourth-order valence-corrected chi connectivity index (χ4v) is 1.56. The summed E-state index contributed by atoms with van der Waals surface area (Å²) >= 11 is 0. The van der Waals surface area contributed by atoms with Gasteiger partial charge in [-0.2, -0.15) is 0 Å². The van der Waals surface area contributed by atoms with Crippen LogP contribution in [-0.4, -0.2) is 17.1 Å². The van der Waals surface area contributed by atoms with Gasteiger partial charge < -0.3 is 10.4 Å². The molecular weight excluding hydrogens is 214 g/mol. The maximum absolute atomic E-state index is 11.5. The third-order valence-corrected chi connectivity index (χ3v) is 2.85. The molecule has 0 radical (unpaired) electrons. The number of rotatable bonds is 6. The highest BCUT2D eigenvalue weighted by atomic mass is 16.3. The third-order valence-electron chi connectivity index (χ3n) is 2.85. The molecule has 94 valence electrons. The summed E-state index contributed by atoms with van der Waals surface area (Å²) < 4.78 is 0. The summed E-state index contributed by atoms with van der Waals surface area (Å²) in [4.78, 5) is 11.5. The summed E-state index contributed by atoms with van der Waals surface area (Å²) in [7, 11) is 0. The molecule has 3 heteroatoms. The van der Waals surface area contributed by atoms with E-state index in [1.54, 1.807) is 0 Å². The van der Waals surface area contributed by atoms with Crippen LogP contribution in [-0.2, 0) is 4.79 Å². The van der Waals surface area contributed by atoms with Crippen molar-refractivity contribution in [3.8, 4) is 0 Å². The van der Waals surface area contributed by atoms with Crippen LogP contribution >= 0.6 is 0 Å². The van der Waals surface area contributed by atoms with Crippen LogP contribution in [0.3, 0.4) is 0 Å². The van der Waals surface area contributed by atoms with Crippen LogP contribution in [0.4, 0.5) is 0 Å². The summed E-state index contributed by atoms with van der Waals surface area (Å²) in [6.07, 6.45) is 1.19. The molecule has 0 aliphatic rings. The lowest BCUT2D eigenvalue weighted by Crippen LogP contribution is -2.31. The van der Waals surface area contributed by atoms with E-state index >= 15 is 0 Å². The number of carbonyl (C=O) groups excluding carboxylic acids is 1. The highest BCUT2D eigenvalue weighted by molar-refractivity contribution is 5.76. The van der Waals surface area contributed by atoms with Gasteiger partial charge in [0, 0.05) is 12.5 Å². The third kappa shape index (κ3) is 5.00. The quantitative estimate of drug-likeness (QED) is 0.795. The first-order chi connectivity index (χ1) is 8.13. The highest BCUT2D eigenvalue weighted by Gasteiger charge is 2.11. The van der Waals surface area contributed by atoms with Crippen molar-refractivity contribution in [1.82, 2.24) is 5.32 Å². The molecule has 0 heterocycles. The standard InChI is InChI=1S/C14H21NO2/c1-3-11(2)15-14(17)10-9-13(16)12-7-5-4-6-8-12/h4-8,11,13,16H,3,9-10H2,1-2H3,(H,15,17). The first kappa shape index (κ1) is 13.7. The fraction of sp³-hybridized carbons (Fsp3) is 0.500. The first-order valence-electron chi connectivity index (χ1n) is 6.15. The van der Waals surface area contributed by atoms with E-state index in [0.29, 0.717) is 12.8 Å². The molecule has 17 heavy (non-hydrogen) atoms. The van der Waals surface area contributed by atoms with Gasteiger partial charge in [-0.1, -0.05) is 37.3 Å². The second-order valence-electron chi connectivity index (χ2n) is 4.34. The molecule has 0 bridgehead atoms. The van der Waals surface area contributed by atoms with Crippen LogP contribution in [0.2, 0.25) is 0 Å². The van der Waals surface area contributed by atoms with Crippen molar-refractivity contribution in [3.63, 3.8) is 0 Å². The Morgan fingerprint density at radius 3 is 2.59 bits per heavy atom. The van der Waals surface area contributed by atoms with Gasteiger partial charge in [-0.25, -0.2) is 0 Å². The van der Waals surface area contributed by atoms with Crippen molar-refractivity contribution in [2.24, 2.45) is 0 Å². The summed E-state index contributed by atoms with van der Waals surface area (Å²) in [5, 5.41) is 12.8. The minimum absolute atomic E-state index is 0.00864. The van der Waals surface area contributed by atoms with E-state index in [1.165, 1.54) is 0 Å². The molecule has 3 nitrogen and oxygen atoms in total. The number of hydrogen-bond donors (Lipinski definition) is 2. The smallest absolute Gasteiger partial charge is 0.220 e. The second-order valence-corrected chi connectivity index (χ2v) is 4.34. The minimum Gasteiger partial charge on any atom is -0.388 e. The number of aliphatic hydroxyl groups excluding tert-OH is 1. The molecular formula is C14H21NO2. The van der Waals surface area contributed by atoms with Gasteiger partial charge in [-0.3, -0.25) is 4.79 Å². The Balaban J connectivity index is 2.33. The van der Waals surface area contributed by atoms with E-state index in [2.05, 4.69) is 5.32 Å². The zero-order chi connectivity index (χ0) is 12.7. The molecule has 1 aromatic rings. The van der Waals surface area contributed by atoms with Crippen molar-refractivity contribution in [2.45, 2.75) is 45.3 Å². The number of aliphatic hydroxyl groups is 1. The van der Waals surface area contributed by atoms with Crippen molar-refractivity contribution < 1.29 is 9.90 Å². The maximum Gasteiger partial charge on any atom is 0.220 e. The van der Waals surface area contributed by atoms with Crippen LogP contribution in [0, 0.1) is 0 Å². The van der Waals surface area contributed by atoms with Crippen LogP contribution in [0.15, 0.2) is 30.3 Å². The number of carbonyl (C=O) groups is 1. The number of hydrogen-bond acceptors (Lipinski definition) is 2. The molecule has 2 unspecified atom stereocenters. The normalized spacial score (nSPS) is 14.1. The molecule has 1 aromatic carbocycles. The van der Waals surface area contributed by atoms with Crippen molar-refractivity contribution >= 4 is 5.91 Å². The average molecular weight is 235 g/mol. The average Bonchev–Trinajstić information content (AvgIpc) is 2.36. The van der Waals surface area contributed by atoms with E-state index in [9.17, 15) is 9.90 Å². The van der Waals surface area contributed by atoms with Crippen molar-refractivity contribution in [2.75, 3.05) is 0 Å². The molecule has 1 rings (SSSR count). The Hall–Kier alpha value is -1.35. The summed E-state index contributed by atoms with van der Waals surface area (Å²) in [6.45, 7) is 4.01. The number of benzene rings is 1. The molecule has 1 amide bonds. The number of nitrogens with one attached hydrogen (secondary N) is 1. The maximum atomic E-state index is 11.5. The highest BCUT2D eigenvalue weighted by Crippen LogP contribution is 2.17. The van der Waals surface area contributed by atoms with E-state index < -0.39 is 6.10 Å². The van der Waals surface area contributed by atoms with E-state index in [-0.39, 0.29) is 11.9 Å². The summed E-state index contributed by atoms with van der Waals surface area (Å²) in [6, 6.07) is 9.63. The van der Waals surface area contributed by atoms with Crippen LogP contribution in [0.1, 0.15) is 44.8 Å². The van der Waals surface area contributed by atoms with Gasteiger partial charge in [-0.15, -0.1) is 0 Å². The minimum atomic E-state index is -0.557. The Kier molecular flexibility index (Phi) is 5.70. The molecule has 0 aromatic heterocycles. The molecule has 2 N–H and O–H groups in total. The zero-order valence-corrected chi connectivity index (χ0v) is 10.5. The van der Waals surface area contributed by atoms with E-state index in [0.717, 1.165) is 12.0 Å². The molecule has 0 aliphatic heterocycles. The largest absolute Gasteiger partial charge is 0.388 e. The topological polar surface area (TPSA) is 49.3 Å². The van der Waals surface area contributed by atoms with Gasteiger partial charge in [-0.05, 0) is 25.3 Å². The molecule has 0 fully saturated rings. The predicted molar refractivity (Wildman–Crippen MR) is 68.5 cm³/mol. The zero-order valence-electron chi connectivity index (χ0n) is 10.5. The van der Waals surface area contributed by atoms with Crippen molar-refractivity contribution in [1.29, 1.82) is 0 Å². The predicted octanol–water partition coefficient (Wildman–Crippen LogP) is 2.41. The lowest BCUT2D eigenvalue weighted by atomic mass is 10.0. The lowest BCUT2D eigenvalue weighted by Gasteiger charge is -2.13. The van der Waals surface area contributed by atoms with Gasteiger partial charge in [0.25, 0.3) is 0 Å². The van der Waals surface area contributed by atoms with Crippen molar-refractivity contribution in [3.05, 3.63) is 35.9 Å².